The van der Waals surface area contributed by atoms with Crippen molar-refractivity contribution in [2.45, 2.75) is 26.7 Å². The molecule has 0 bridgehead atoms. The van der Waals surface area contributed by atoms with E-state index in [1.807, 2.05) is 6.92 Å². The normalized spacial score (nSPS) is 9.86. The van der Waals surface area contributed by atoms with E-state index in [-0.39, 0.29) is 0 Å². The zero-order valence-corrected chi connectivity index (χ0v) is 8.79. The van der Waals surface area contributed by atoms with Gasteiger partial charge in [0.1, 0.15) is 0 Å². The second-order valence-electron chi connectivity index (χ2n) is 2.95. The Morgan fingerprint density at radius 1 is 1.43 bits per heavy atom. The predicted octanol–water partition coefficient (Wildman–Crippen LogP) is 2.09. The van der Waals surface area contributed by atoms with Gasteiger partial charge in [-0.2, -0.15) is 4.98 Å². The van der Waals surface area contributed by atoms with Gasteiger partial charge in [0.05, 0.1) is 6.61 Å². The molecule has 1 heterocycles. The molecular formula is C10H17N3O. The maximum Gasteiger partial charge on any atom is 0.225 e. The Bertz CT molecular complexity index is 265. The van der Waals surface area contributed by atoms with Gasteiger partial charge in [-0.15, -0.1) is 0 Å². The van der Waals surface area contributed by atoms with Crippen molar-refractivity contribution in [2.24, 2.45) is 0 Å². The van der Waals surface area contributed by atoms with E-state index in [1.54, 1.807) is 12.3 Å². The maximum atomic E-state index is 5.44. The summed E-state index contributed by atoms with van der Waals surface area (Å²) in [5.74, 6) is 1.27. The quantitative estimate of drug-likeness (QED) is 0.706. The lowest BCUT2D eigenvalue weighted by molar-refractivity contribution is 0.297. The van der Waals surface area contributed by atoms with Gasteiger partial charge in [0, 0.05) is 18.8 Å². The van der Waals surface area contributed by atoms with Crippen molar-refractivity contribution in [3.05, 3.63) is 12.3 Å². The predicted molar refractivity (Wildman–Crippen MR) is 56.6 cm³/mol. The fourth-order valence-corrected chi connectivity index (χ4v) is 0.987. The van der Waals surface area contributed by atoms with Crippen LogP contribution in [0.4, 0.5) is 5.95 Å². The molecule has 4 nitrogen and oxygen atoms in total. The average molecular weight is 195 g/mol. The van der Waals surface area contributed by atoms with Crippen molar-refractivity contribution in [2.75, 3.05) is 18.5 Å². The first-order valence-corrected chi connectivity index (χ1v) is 5.06. The summed E-state index contributed by atoms with van der Waals surface area (Å²) in [6, 6.07) is 1.77. The summed E-state index contributed by atoms with van der Waals surface area (Å²) in [6.07, 6.45) is 3.89. The molecule has 0 fully saturated rings. The molecule has 0 aliphatic carbocycles. The molecule has 14 heavy (non-hydrogen) atoms. The number of hydrogen-bond acceptors (Lipinski definition) is 4. The number of hydrogen-bond donors (Lipinski definition) is 1. The Hall–Kier alpha value is -1.32. The summed E-state index contributed by atoms with van der Waals surface area (Å²) in [6.45, 7) is 5.68. The largest absolute Gasteiger partial charge is 0.478 e. The van der Waals surface area contributed by atoms with Crippen LogP contribution in [-0.4, -0.2) is 23.1 Å². The maximum absolute atomic E-state index is 5.44. The minimum absolute atomic E-state index is 0.626. The molecule has 78 valence electrons. The van der Waals surface area contributed by atoms with Gasteiger partial charge in [-0.25, -0.2) is 4.98 Å². The van der Waals surface area contributed by atoms with Crippen LogP contribution in [0.1, 0.15) is 26.7 Å². The van der Waals surface area contributed by atoms with E-state index in [2.05, 4.69) is 22.2 Å². The Labute approximate surface area is 84.7 Å². The molecule has 1 aromatic rings. The molecule has 0 saturated heterocycles. The fraction of sp³-hybridized carbons (Fsp3) is 0.600. The van der Waals surface area contributed by atoms with E-state index in [4.69, 9.17) is 4.74 Å². The second kappa shape index (κ2) is 6.18. The molecule has 0 unspecified atom stereocenters. The van der Waals surface area contributed by atoms with Crippen LogP contribution in [-0.2, 0) is 0 Å². The van der Waals surface area contributed by atoms with Crippen LogP contribution in [0.3, 0.4) is 0 Å². The zero-order chi connectivity index (χ0) is 10.2. The molecule has 0 radical (unpaired) electrons. The van der Waals surface area contributed by atoms with E-state index < -0.39 is 0 Å². The third-order valence-electron chi connectivity index (χ3n) is 1.71. The summed E-state index contributed by atoms with van der Waals surface area (Å²) in [5.41, 5.74) is 0. The summed E-state index contributed by atoms with van der Waals surface area (Å²) in [7, 11) is 0. The first kappa shape index (κ1) is 10.8. The molecule has 0 aliphatic heterocycles. The van der Waals surface area contributed by atoms with Gasteiger partial charge in [0.2, 0.25) is 11.8 Å². The third-order valence-corrected chi connectivity index (χ3v) is 1.71. The van der Waals surface area contributed by atoms with Crippen LogP contribution < -0.4 is 10.1 Å². The third kappa shape index (κ3) is 3.60. The molecule has 1 aromatic heterocycles. The molecule has 4 heteroatoms. The first-order chi connectivity index (χ1) is 6.86. The highest BCUT2D eigenvalue weighted by Gasteiger charge is 1.97. The van der Waals surface area contributed by atoms with Crippen molar-refractivity contribution in [1.82, 2.24) is 9.97 Å². The average Bonchev–Trinajstić information content (AvgIpc) is 2.19. The number of rotatable bonds is 6. The van der Waals surface area contributed by atoms with Crippen molar-refractivity contribution in [3.8, 4) is 5.88 Å². The van der Waals surface area contributed by atoms with Gasteiger partial charge in [0.25, 0.3) is 0 Å². The lowest BCUT2D eigenvalue weighted by Gasteiger charge is -2.05. The second-order valence-corrected chi connectivity index (χ2v) is 2.95. The summed E-state index contributed by atoms with van der Waals surface area (Å²) < 4.78 is 5.44. The minimum atomic E-state index is 0.626. The number of unbranched alkanes of at least 4 members (excludes halogenated alkanes) is 1. The SMILES string of the molecule is CCCCOc1ccnc(NCC)n1. The van der Waals surface area contributed by atoms with Crippen LogP contribution in [0.5, 0.6) is 5.88 Å². The molecule has 0 saturated carbocycles. The molecule has 0 atom stereocenters. The standard InChI is InChI=1S/C10H17N3O/c1-3-5-8-14-9-6-7-12-10(13-9)11-4-2/h6-7H,3-5,8H2,1-2H3,(H,11,12,13). The van der Waals surface area contributed by atoms with Crippen LogP contribution in [0.2, 0.25) is 0 Å². The van der Waals surface area contributed by atoms with Crippen LogP contribution in [0, 0.1) is 0 Å². The van der Waals surface area contributed by atoms with E-state index in [0.717, 1.165) is 26.0 Å². The Morgan fingerprint density at radius 3 is 3.00 bits per heavy atom. The van der Waals surface area contributed by atoms with Gasteiger partial charge >= 0.3 is 0 Å². The van der Waals surface area contributed by atoms with Gasteiger partial charge < -0.3 is 10.1 Å². The molecular weight excluding hydrogens is 178 g/mol. The number of ether oxygens (including phenoxy) is 1. The Kier molecular flexibility index (Phi) is 4.75. The monoisotopic (exact) mass is 195 g/mol. The van der Waals surface area contributed by atoms with Crippen molar-refractivity contribution in [3.63, 3.8) is 0 Å². The molecule has 1 N–H and O–H groups in total. The van der Waals surface area contributed by atoms with Gasteiger partial charge in [0.15, 0.2) is 0 Å². The number of anilines is 1. The minimum Gasteiger partial charge on any atom is -0.478 e. The molecule has 0 spiro atoms. The van der Waals surface area contributed by atoms with Gasteiger partial charge in [-0.3, -0.25) is 0 Å². The Morgan fingerprint density at radius 2 is 2.29 bits per heavy atom. The number of aromatic nitrogens is 2. The van der Waals surface area contributed by atoms with Crippen molar-refractivity contribution in [1.29, 1.82) is 0 Å². The van der Waals surface area contributed by atoms with Crippen LogP contribution >= 0.6 is 0 Å². The van der Waals surface area contributed by atoms with E-state index in [0.29, 0.717) is 11.8 Å². The summed E-state index contributed by atoms with van der Waals surface area (Å²) in [5, 5.41) is 3.04. The van der Waals surface area contributed by atoms with Gasteiger partial charge in [-0.05, 0) is 13.3 Å². The molecule has 0 amide bonds. The van der Waals surface area contributed by atoms with Crippen LogP contribution in [0.25, 0.3) is 0 Å². The van der Waals surface area contributed by atoms with Crippen molar-refractivity contribution >= 4 is 5.95 Å². The smallest absolute Gasteiger partial charge is 0.225 e. The molecule has 1 rings (SSSR count). The van der Waals surface area contributed by atoms with Gasteiger partial charge in [-0.1, -0.05) is 13.3 Å². The molecule has 0 aliphatic rings. The number of nitrogens with zero attached hydrogens (tertiary/aromatic N) is 2. The topological polar surface area (TPSA) is 47.0 Å². The zero-order valence-electron chi connectivity index (χ0n) is 8.79. The van der Waals surface area contributed by atoms with Crippen LogP contribution in [0.15, 0.2) is 12.3 Å². The van der Waals surface area contributed by atoms with E-state index >= 15 is 0 Å². The highest BCUT2D eigenvalue weighted by atomic mass is 16.5. The highest BCUT2D eigenvalue weighted by molar-refractivity contribution is 5.26. The molecule has 0 aromatic carbocycles. The first-order valence-electron chi connectivity index (χ1n) is 5.06. The Balaban J connectivity index is 2.46. The van der Waals surface area contributed by atoms with E-state index in [9.17, 15) is 0 Å². The van der Waals surface area contributed by atoms with Crippen molar-refractivity contribution < 1.29 is 4.74 Å². The summed E-state index contributed by atoms with van der Waals surface area (Å²) in [4.78, 5) is 8.24. The number of nitrogens with one attached hydrogen (secondary N) is 1. The lowest BCUT2D eigenvalue weighted by atomic mass is 10.4. The fourth-order valence-electron chi connectivity index (χ4n) is 0.987. The summed E-state index contributed by atoms with van der Waals surface area (Å²) >= 11 is 0. The highest BCUT2D eigenvalue weighted by Crippen LogP contribution is 2.08. The van der Waals surface area contributed by atoms with E-state index in [1.165, 1.54) is 0 Å². The lowest BCUT2D eigenvalue weighted by Crippen LogP contribution is -2.04.